The van der Waals surface area contributed by atoms with Gasteiger partial charge in [-0.05, 0) is 18.6 Å². The SMILES string of the molecule is Cc1cccc(C(=O)N2[C@H]3COC[C@@H]2c2nnc(-c4cnccn4)n2C3)c1F. The van der Waals surface area contributed by atoms with Gasteiger partial charge in [0.05, 0.1) is 31.0 Å². The van der Waals surface area contributed by atoms with E-state index in [2.05, 4.69) is 20.2 Å². The molecule has 8 nitrogen and oxygen atoms in total. The summed E-state index contributed by atoms with van der Waals surface area (Å²) >= 11 is 0. The number of hydrogen-bond donors (Lipinski definition) is 0. The Labute approximate surface area is 160 Å². The first-order valence-electron chi connectivity index (χ1n) is 9.00. The number of carbonyl (C=O) groups is 1. The first-order chi connectivity index (χ1) is 13.6. The average molecular weight is 380 g/mol. The van der Waals surface area contributed by atoms with Crippen LogP contribution >= 0.6 is 0 Å². The van der Waals surface area contributed by atoms with Crippen LogP contribution < -0.4 is 0 Å². The Morgan fingerprint density at radius 1 is 1.25 bits per heavy atom. The highest BCUT2D eigenvalue weighted by atomic mass is 19.1. The summed E-state index contributed by atoms with van der Waals surface area (Å²) in [5, 5.41) is 8.57. The molecule has 0 unspecified atom stereocenters. The monoisotopic (exact) mass is 380 g/mol. The number of hydrogen-bond acceptors (Lipinski definition) is 6. The molecule has 142 valence electrons. The van der Waals surface area contributed by atoms with Crippen LogP contribution in [-0.2, 0) is 11.3 Å². The molecule has 0 aliphatic carbocycles. The van der Waals surface area contributed by atoms with Crippen molar-refractivity contribution in [2.45, 2.75) is 25.6 Å². The van der Waals surface area contributed by atoms with E-state index in [9.17, 15) is 9.18 Å². The van der Waals surface area contributed by atoms with Crippen LogP contribution in [0.25, 0.3) is 11.5 Å². The molecule has 2 aromatic heterocycles. The number of carbonyl (C=O) groups excluding carboxylic acids is 1. The third-order valence-corrected chi connectivity index (χ3v) is 5.23. The smallest absolute Gasteiger partial charge is 0.257 e. The number of nitrogens with zero attached hydrogens (tertiary/aromatic N) is 6. The van der Waals surface area contributed by atoms with Gasteiger partial charge in [-0.3, -0.25) is 9.78 Å². The maximum absolute atomic E-state index is 14.6. The molecule has 2 atom stereocenters. The fraction of sp³-hybridized carbons (Fsp3) is 0.316. The maximum Gasteiger partial charge on any atom is 0.257 e. The van der Waals surface area contributed by atoms with Gasteiger partial charge in [-0.25, -0.2) is 9.37 Å². The summed E-state index contributed by atoms with van der Waals surface area (Å²) in [6, 6.07) is 4.18. The number of halogens is 1. The molecule has 28 heavy (non-hydrogen) atoms. The molecule has 1 saturated heterocycles. The molecule has 1 fully saturated rings. The van der Waals surface area contributed by atoms with Gasteiger partial charge < -0.3 is 14.2 Å². The first-order valence-corrected chi connectivity index (χ1v) is 9.00. The summed E-state index contributed by atoms with van der Waals surface area (Å²) < 4.78 is 22.2. The van der Waals surface area contributed by atoms with Crippen molar-refractivity contribution in [2.75, 3.05) is 13.2 Å². The zero-order chi connectivity index (χ0) is 19.3. The van der Waals surface area contributed by atoms with Crippen LogP contribution in [0.15, 0.2) is 36.8 Å². The average Bonchev–Trinajstić information content (AvgIpc) is 3.13. The predicted octanol–water partition coefficient (Wildman–Crippen LogP) is 1.78. The highest BCUT2D eigenvalue weighted by molar-refractivity contribution is 5.95. The third-order valence-electron chi connectivity index (χ3n) is 5.23. The Balaban J connectivity index is 1.56. The summed E-state index contributed by atoms with van der Waals surface area (Å²) in [4.78, 5) is 23.3. The van der Waals surface area contributed by atoms with Gasteiger partial charge in [-0.2, -0.15) is 0 Å². The Hall–Kier alpha value is -3.20. The number of benzene rings is 1. The third kappa shape index (κ3) is 2.50. The maximum atomic E-state index is 14.6. The number of aryl methyl sites for hydroxylation is 1. The topological polar surface area (TPSA) is 86.0 Å². The zero-order valence-electron chi connectivity index (χ0n) is 15.1. The van der Waals surface area contributed by atoms with Gasteiger partial charge in [0.1, 0.15) is 17.6 Å². The minimum absolute atomic E-state index is 0.0685. The van der Waals surface area contributed by atoms with Gasteiger partial charge in [-0.1, -0.05) is 12.1 Å². The van der Waals surface area contributed by atoms with Crippen molar-refractivity contribution in [1.82, 2.24) is 29.6 Å². The molecule has 0 spiro atoms. The van der Waals surface area contributed by atoms with E-state index in [0.29, 0.717) is 36.1 Å². The summed E-state index contributed by atoms with van der Waals surface area (Å²) in [7, 11) is 0. The van der Waals surface area contributed by atoms with Gasteiger partial charge in [-0.15, -0.1) is 10.2 Å². The van der Waals surface area contributed by atoms with Crippen LogP contribution in [0.4, 0.5) is 4.39 Å². The normalized spacial score (nSPS) is 20.7. The van der Waals surface area contributed by atoms with Crippen LogP contribution in [0, 0.1) is 12.7 Å². The molecular weight excluding hydrogens is 363 g/mol. The highest BCUT2D eigenvalue weighted by Gasteiger charge is 2.44. The van der Waals surface area contributed by atoms with Crippen molar-refractivity contribution in [3.05, 3.63) is 59.6 Å². The van der Waals surface area contributed by atoms with Crippen molar-refractivity contribution < 1.29 is 13.9 Å². The van der Waals surface area contributed by atoms with E-state index in [0.717, 1.165) is 0 Å². The van der Waals surface area contributed by atoms with Crippen LogP contribution in [0.3, 0.4) is 0 Å². The van der Waals surface area contributed by atoms with E-state index < -0.39 is 11.9 Å². The summed E-state index contributed by atoms with van der Waals surface area (Å²) in [5.74, 6) is 0.375. The minimum atomic E-state index is -0.487. The van der Waals surface area contributed by atoms with Crippen molar-refractivity contribution in [3.8, 4) is 11.5 Å². The van der Waals surface area contributed by atoms with Gasteiger partial charge in [0.15, 0.2) is 11.6 Å². The van der Waals surface area contributed by atoms with Crippen molar-refractivity contribution >= 4 is 5.91 Å². The Bertz CT molecular complexity index is 1050. The summed E-state index contributed by atoms with van der Waals surface area (Å²) in [5.41, 5.74) is 1.13. The van der Waals surface area contributed by atoms with Crippen LogP contribution in [-0.4, -0.2) is 54.8 Å². The molecule has 0 radical (unpaired) electrons. The molecule has 2 aliphatic heterocycles. The number of morpholine rings is 1. The van der Waals surface area contributed by atoms with Gasteiger partial charge >= 0.3 is 0 Å². The lowest BCUT2D eigenvalue weighted by Crippen LogP contribution is -2.56. The molecule has 0 saturated carbocycles. The molecular formula is C19H17FN6O2. The van der Waals surface area contributed by atoms with E-state index in [1.165, 1.54) is 6.07 Å². The standard InChI is InChI=1S/C19H17FN6O2/c1-11-3-2-4-13(16(11)20)19(27)26-12-8-25-17(14-7-21-5-6-22-14)23-24-18(25)15(26)10-28-9-12/h2-7,12,15H,8-10H2,1H3/t12-,15-/m1/s1. The first kappa shape index (κ1) is 16.9. The van der Waals surface area contributed by atoms with Gasteiger partial charge in [0, 0.05) is 18.9 Å². The quantitative estimate of drug-likeness (QED) is 0.674. The summed E-state index contributed by atoms with van der Waals surface area (Å²) in [6.45, 7) is 2.75. The number of amides is 1. The second kappa shape index (κ2) is 6.45. The van der Waals surface area contributed by atoms with E-state index in [1.54, 1.807) is 42.5 Å². The number of ether oxygens (including phenoxy) is 1. The fourth-order valence-corrected chi connectivity index (χ4v) is 3.89. The molecule has 1 aromatic carbocycles. The molecule has 9 heteroatoms. The van der Waals surface area contributed by atoms with E-state index >= 15 is 0 Å². The lowest BCUT2D eigenvalue weighted by atomic mass is 10.0. The van der Waals surface area contributed by atoms with Crippen LogP contribution in [0.2, 0.25) is 0 Å². The van der Waals surface area contributed by atoms with Crippen LogP contribution in [0.5, 0.6) is 0 Å². The van der Waals surface area contributed by atoms with E-state index in [4.69, 9.17) is 4.74 Å². The number of fused-ring (bicyclic) bond motifs is 4. The van der Waals surface area contributed by atoms with Crippen molar-refractivity contribution in [1.29, 1.82) is 0 Å². The fourth-order valence-electron chi connectivity index (χ4n) is 3.89. The lowest BCUT2D eigenvalue weighted by molar-refractivity contribution is -0.0571. The van der Waals surface area contributed by atoms with Crippen molar-refractivity contribution in [2.24, 2.45) is 0 Å². The van der Waals surface area contributed by atoms with Gasteiger partial charge in [0.25, 0.3) is 5.91 Å². The Kier molecular flexibility index (Phi) is 3.90. The minimum Gasteiger partial charge on any atom is -0.377 e. The molecule has 2 bridgehead atoms. The highest BCUT2D eigenvalue weighted by Crippen LogP contribution is 2.35. The predicted molar refractivity (Wildman–Crippen MR) is 95.7 cm³/mol. The lowest BCUT2D eigenvalue weighted by Gasteiger charge is -2.45. The largest absolute Gasteiger partial charge is 0.377 e. The molecule has 0 N–H and O–H groups in total. The molecule has 3 aromatic rings. The molecule has 2 aliphatic rings. The zero-order valence-corrected chi connectivity index (χ0v) is 15.1. The second-order valence-corrected chi connectivity index (χ2v) is 6.94. The second-order valence-electron chi connectivity index (χ2n) is 6.94. The molecule has 4 heterocycles. The summed E-state index contributed by atoms with van der Waals surface area (Å²) in [6.07, 6.45) is 4.82. The van der Waals surface area contributed by atoms with E-state index in [-0.39, 0.29) is 24.1 Å². The van der Waals surface area contributed by atoms with Gasteiger partial charge in [0.2, 0.25) is 0 Å². The Morgan fingerprint density at radius 3 is 2.96 bits per heavy atom. The molecule has 1 amide bonds. The number of rotatable bonds is 2. The number of aromatic nitrogens is 5. The Morgan fingerprint density at radius 2 is 2.14 bits per heavy atom. The van der Waals surface area contributed by atoms with Crippen LogP contribution in [0.1, 0.15) is 27.8 Å². The molecule has 5 rings (SSSR count). The van der Waals surface area contributed by atoms with E-state index in [1.807, 2.05) is 4.57 Å². The van der Waals surface area contributed by atoms with Crippen molar-refractivity contribution in [3.63, 3.8) is 0 Å².